The maximum absolute atomic E-state index is 12.8. The van der Waals surface area contributed by atoms with Crippen LogP contribution in [0.4, 0.5) is 0 Å². The molecule has 2 fully saturated rings. The van der Waals surface area contributed by atoms with E-state index in [9.17, 15) is 38.4 Å². The van der Waals surface area contributed by atoms with E-state index in [2.05, 4.69) is 68.1 Å². The topological polar surface area (TPSA) is 235 Å². The first-order valence-electron chi connectivity index (χ1n) is 18.7. The summed E-state index contributed by atoms with van der Waals surface area (Å²) >= 11 is 3.20. The molecule has 21 heteroatoms. The Morgan fingerprint density at radius 1 is 0.729 bits per heavy atom. The molecule has 4 aromatic rings. The Hall–Kier alpha value is -5.86. The largest absolute Gasteiger partial charge is 0.464 e. The molecule has 0 radical (unpaired) electrons. The predicted octanol–water partition coefficient (Wildman–Crippen LogP) is 2.33. The fourth-order valence-corrected chi connectivity index (χ4v) is 7.50. The minimum Gasteiger partial charge on any atom is -0.464 e. The fourth-order valence-electron chi connectivity index (χ4n) is 7.14. The van der Waals surface area contributed by atoms with Crippen LogP contribution in [0.5, 0.6) is 11.5 Å². The smallest absolute Gasteiger partial charge is 0.360 e. The molecule has 4 atom stereocenters. The Kier molecular flexibility index (Phi) is 15.7. The third-order valence-electron chi connectivity index (χ3n) is 9.35. The van der Waals surface area contributed by atoms with Gasteiger partial charge in [-0.15, -0.1) is 0 Å². The van der Waals surface area contributed by atoms with E-state index in [0.29, 0.717) is 42.1 Å². The van der Waals surface area contributed by atoms with Crippen LogP contribution in [0.3, 0.4) is 0 Å². The van der Waals surface area contributed by atoms with Crippen molar-refractivity contribution in [3.8, 4) is 11.5 Å². The lowest BCUT2D eigenvalue weighted by Crippen LogP contribution is -2.44. The normalized spacial score (nSPS) is 18.8. The minimum atomic E-state index is -0.918. The number of nitrogens with zero attached hydrogens (tertiary/aromatic N) is 7. The van der Waals surface area contributed by atoms with Crippen molar-refractivity contribution >= 4 is 63.2 Å². The number of carbonyl (C=O) groups is 6. The number of ether oxygens (including phenoxy) is 4. The van der Waals surface area contributed by atoms with E-state index in [1.807, 2.05) is 9.80 Å². The molecule has 20 nitrogen and oxygen atoms in total. The summed E-state index contributed by atoms with van der Waals surface area (Å²) in [6.07, 6.45) is 8.01. The van der Waals surface area contributed by atoms with E-state index in [0.717, 1.165) is 56.4 Å². The van der Waals surface area contributed by atoms with Gasteiger partial charge in [-0.25, -0.2) is 28.4 Å². The highest BCUT2D eigenvalue weighted by molar-refractivity contribution is 9.09. The molecule has 2 saturated heterocycles. The standard InChI is InChI=1S/C19H24N4O6.C10H9N3O5.C9H16BrNO/c1-11-7-12(2)9-22(8-11)14(25)10-21-5-6-23-17(26)16(29-13(3)24)15(18(27)28-4)20-19(21)23;1-5(14)18-7-6(9(16)17-2)12-10-11-3-4-13(10)8(7)15;1-7-3-8(2)6-11(5-7)9(12)4-10/h5-6,11-12H,7-10H2,1-4H3;3-4H,1-2H3,(H,11,12);7-8H,3-6H2,1-2H3. The van der Waals surface area contributed by atoms with Gasteiger partial charge in [0.25, 0.3) is 0 Å². The van der Waals surface area contributed by atoms with E-state index in [4.69, 9.17) is 9.47 Å². The molecule has 6 heterocycles. The summed E-state index contributed by atoms with van der Waals surface area (Å²) in [4.78, 5) is 109. The van der Waals surface area contributed by atoms with Gasteiger partial charge in [0.2, 0.25) is 40.6 Å². The average Bonchev–Trinajstić information content (AvgIpc) is 3.83. The number of halogens is 1. The molecule has 0 bridgehead atoms. The molecule has 0 saturated carbocycles. The van der Waals surface area contributed by atoms with Crippen LogP contribution in [0.25, 0.3) is 11.6 Å². The number of carbonyl (C=O) groups excluding carboxylic acids is 6. The number of piperidine rings is 2. The van der Waals surface area contributed by atoms with Gasteiger partial charge in [0, 0.05) is 64.8 Å². The van der Waals surface area contributed by atoms with Crippen molar-refractivity contribution in [2.24, 2.45) is 23.7 Å². The van der Waals surface area contributed by atoms with Crippen LogP contribution in [0.1, 0.15) is 75.4 Å². The Bertz CT molecular complexity index is 2310. The molecule has 2 aliphatic heterocycles. The molecular weight excluding hydrogens is 840 g/mol. The maximum Gasteiger partial charge on any atom is 0.360 e. The van der Waals surface area contributed by atoms with Crippen LogP contribution in [0.2, 0.25) is 0 Å². The van der Waals surface area contributed by atoms with Gasteiger partial charge in [0.05, 0.1) is 19.5 Å². The Morgan fingerprint density at radius 2 is 1.24 bits per heavy atom. The van der Waals surface area contributed by atoms with Gasteiger partial charge in [0.1, 0.15) is 6.54 Å². The van der Waals surface area contributed by atoms with Gasteiger partial charge in [0.15, 0.2) is 5.69 Å². The van der Waals surface area contributed by atoms with Crippen LogP contribution in [-0.4, -0.2) is 120 Å². The first kappa shape index (κ1) is 45.8. The van der Waals surface area contributed by atoms with Crippen molar-refractivity contribution in [2.75, 3.05) is 45.7 Å². The number of rotatable bonds is 7. The number of aromatic amines is 1. The zero-order chi connectivity index (χ0) is 43.7. The van der Waals surface area contributed by atoms with Crippen molar-refractivity contribution in [3.63, 3.8) is 0 Å². The quantitative estimate of drug-likeness (QED) is 0.207. The monoisotopic (exact) mass is 888 g/mol. The third-order valence-corrected chi connectivity index (χ3v) is 9.83. The summed E-state index contributed by atoms with van der Waals surface area (Å²) in [6, 6.07) is 0. The maximum atomic E-state index is 12.8. The van der Waals surface area contributed by atoms with Gasteiger partial charge >= 0.3 is 35.0 Å². The second-order valence-corrected chi connectivity index (χ2v) is 15.3. The number of hydrogen-bond donors (Lipinski definition) is 1. The lowest BCUT2D eigenvalue weighted by Gasteiger charge is -2.35. The first-order valence-corrected chi connectivity index (χ1v) is 19.9. The molecule has 0 spiro atoms. The number of alkyl halides is 1. The molecule has 320 valence electrons. The van der Waals surface area contributed by atoms with Crippen molar-refractivity contribution in [2.45, 2.75) is 60.9 Å². The van der Waals surface area contributed by atoms with Crippen molar-refractivity contribution in [1.29, 1.82) is 0 Å². The molecule has 4 unspecified atom stereocenters. The third kappa shape index (κ3) is 11.4. The van der Waals surface area contributed by atoms with Crippen LogP contribution in [0.15, 0.2) is 34.4 Å². The Balaban J connectivity index is 0.000000217. The molecule has 2 amide bonds. The molecule has 6 rings (SSSR count). The highest BCUT2D eigenvalue weighted by Crippen LogP contribution is 2.23. The summed E-state index contributed by atoms with van der Waals surface area (Å²) in [5, 5.41) is 0.465. The van der Waals surface area contributed by atoms with E-state index in [1.54, 1.807) is 0 Å². The summed E-state index contributed by atoms with van der Waals surface area (Å²) < 4.78 is 22.5. The summed E-state index contributed by atoms with van der Waals surface area (Å²) in [6.45, 7) is 14.1. The summed E-state index contributed by atoms with van der Waals surface area (Å²) in [7, 11) is 2.28. The zero-order valence-corrected chi connectivity index (χ0v) is 35.8. The molecule has 4 aromatic heterocycles. The summed E-state index contributed by atoms with van der Waals surface area (Å²) in [5.41, 5.74) is -2.08. The fraction of sp³-hybridized carbons (Fsp3) is 0.526. The van der Waals surface area contributed by atoms with E-state index in [1.165, 1.54) is 35.8 Å². The molecule has 1 N–H and O–H groups in total. The van der Waals surface area contributed by atoms with Crippen LogP contribution < -0.4 is 20.6 Å². The number of amides is 2. The summed E-state index contributed by atoms with van der Waals surface area (Å²) in [5.74, 6) is -1.63. The molecule has 2 aliphatic rings. The second kappa shape index (κ2) is 20.2. The van der Waals surface area contributed by atoms with Gasteiger partial charge in [-0.1, -0.05) is 43.6 Å². The number of H-pyrrole nitrogens is 1. The number of methoxy groups -OCH3 is 2. The number of esters is 4. The van der Waals surface area contributed by atoms with Crippen molar-refractivity contribution in [3.05, 3.63) is 56.9 Å². The van der Waals surface area contributed by atoms with Gasteiger partial charge in [-0.05, 0) is 36.5 Å². The molecular formula is C38H49BrN8O12. The Morgan fingerprint density at radius 3 is 1.75 bits per heavy atom. The SMILES string of the molecule is CC1CC(C)CN(C(=O)CBr)C1.COC(=O)c1[nH]c2nccn2c(=O)c1OC(C)=O.COC(=O)c1nc2n(CC(=O)N3CC(C)CC(C)C3)ccn2c(=O)c1OC(C)=O. The van der Waals surface area contributed by atoms with Gasteiger partial charge in [-0.2, -0.15) is 0 Å². The lowest BCUT2D eigenvalue weighted by atomic mass is 9.92. The van der Waals surface area contributed by atoms with Gasteiger partial charge < -0.3 is 38.3 Å². The number of fused-ring (bicyclic) bond motifs is 2. The van der Waals surface area contributed by atoms with E-state index < -0.39 is 52.2 Å². The first-order chi connectivity index (χ1) is 27.9. The number of imidazole rings is 2. The minimum absolute atomic E-state index is 0.0318. The number of aromatic nitrogens is 6. The average molecular weight is 890 g/mol. The zero-order valence-electron chi connectivity index (χ0n) is 34.2. The Labute approximate surface area is 346 Å². The second-order valence-electron chi connectivity index (χ2n) is 14.7. The predicted molar refractivity (Wildman–Crippen MR) is 213 cm³/mol. The molecule has 59 heavy (non-hydrogen) atoms. The highest BCUT2D eigenvalue weighted by atomic mass is 79.9. The lowest BCUT2D eigenvalue weighted by molar-refractivity contribution is -0.134. The van der Waals surface area contributed by atoms with E-state index in [-0.39, 0.29) is 35.6 Å². The molecule has 0 aliphatic carbocycles. The van der Waals surface area contributed by atoms with Crippen LogP contribution in [0, 0.1) is 23.7 Å². The number of nitrogens with one attached hydrogen (secondary N) is 1. The van der Waals surface area contributed by atoms with Crippen molar-refractivity contribution in [1.82, 2.24) is 38.1 Å². The van der Waals surface area contributed by atoms with E-state index >= 15 is 0 Å². The number of hydrogen-bond acceptors (Lipinski definition) is 14. The molecule has 0 aromatic carbocycles. The highest BCUT2D eigenvalue weighted by Gasteiger charge is 2.28. The van der Waals surface area contributed by atoms with Gasteiger partial charge in [-0.3, -0.25) is 28.8 Å². The number of likely N-dealkylation sites (tertiary alicyclic amines) is 2. The van der Waals surface area contributed by atoms with Crippen LogP contribution >= 0.6 is 15.9 Å². The van der Waals surface area contributed by atoms with Crippen LogP contribution in [-0.2, 0) is 35.2 Å². The van der Waals surface area contributed by atoms with Crippen molar-refractivity contribution < 1.29 is 47.7 Å².